The predicted molar refractivity (Wildman–Crippen MR) is 121 cm³/mol. The van der Waals surface area contributed by atoms with E-state index in [0.29, 0.717) is 19.1 Å². The van der Waals surface area contributed by atoms with Crippen molar-refractivity contribution >= 4 is 21.8 Å². The Morgan fingerprint density at radius 1 is 1.10 bits per heavy atom. The first-order chi connectivity index (χ1) is 14.9. The van der Waals surface area contributed by atoms with Gasteiger partial charge in [-0.25, -0.2) is 22.7 Å². The molecular weight excluding hydrogens is 410 g/mol. The van der Waals surface area contributed by atoms with E-state index in [2.05, 4.69) is 40.0 Å². The van der Waals surface area contributed by atoms with Crippen molar-refractivity contribution in [3.63, 3.8) is 0 Å². The maximum atomic E-state index is 12.0. The van der Waals surface area contributed by atoms with Gasteiger partial charge in [-0.2, -0.15) is 0 Å². The third kappa shape index (κ3) is 3.87. The summed E-state index contributed by atoms with van der Waals surface area (Å²) < 4.78 is 25.7. The zero-order valence-electron chi connectivity index (χ0n) is 18.2. The first kappa shape index (κ1) is 20.6. The lowest BCUT2D eigenvalue weighted by molar-refractivity contribution is 0.425. The van der Waals surface area contributed by atoms with E-state index in [-0.39, 0.29) is 5.92 Å². The minimum atomic E-state index is -3.15. The van der Waals surface area contributed by atoms with E-state index in [0.717, 1.165) is 55.7 Å². The molecule has 1 unspecified atom stereocenters. The lowest BCUT2D eigenvalue weighted by atomic mass is 9.88. The predicted octanol–water partition coefficient (Wildman–Crippen LogP) is 2.92. The zero-order chi connectivity index (χ0) is 21.6. The highest BCUT2D eigenvalue weighted by atomic mass is 32.2. The molecule has 2 aliphatic heterocycles. The smallest absolute Gasteiger partial charge is 0.211 e. The lowest BCUT2D eigenvalue weighted by Gasteiger charge is -2.38. The Morgan fingerprint density at radius 3 is 2.81 bits per heavy atom. The molecule has 3 aliphatic rings. The number of pyridine rings is 1. The Balaban J connectivity index is 1.46. The van der Waals surface area contributed by atoms with Gasteiger partial charge in [0, 0.05) is 67.4 Å². The van der Waals surface area contributed by atoms with E-state index < -0.39 is 10.0 Å². The average molecular weight is 440 g/mol. The largest absolute Gasteiger partial charge is 0.363 e. The topological polar surface area (TPSA) is 79.3 Å². The third-order valence-corrected chi connectivity index (χ3v) is 8.22. The second-order valence-corrected chi connectivity index (χ2v) is 10.9. The number of anilines is 1. The van der Waals surface area contributed by atoms with Crippen LogP contribution in [0.5, 0.6) is 0 Å². The van der Waals surface area contributed by atoms with Crippen LogP contribution in [0.25, 0.3) is 6.08 Å². The standard InChI is InChI=1S/C23H29N5O2S/c1-16-13-21-19(14-28(16)22-8-10-24-20-7-3-6-18(20)22)23(26-15-25-21)17-5-4-11-27(12-9-17)31(2,29)30/h3,6,8,10,15-17H,4-5,7,9,11-14H2,1-2H3/t16-,17?/m1/s1. The lowest BCUT2D eigenvalue weighted by Crippen LogP contribution is -2.40. The van der Waals surface area contributed by atoms with E-state index in [4.69, 9.17) is 4.98 Å². The third-order valence-electron chi connectivity index (χ3n) is 6.91. The number of hydrogen-bond donors (Lipinski definition) is 0. The summed E-state index contributed by atoms with van der Waals surface area (Å²) in [6.45, 7) is 4.20. The van der Waals surface area contributed by atoms with Crippen LogP contribution in [0.2, 0.25) is 0 Å². The second kappa shape index (κ2) is 7.98. The monoisotopic (exact) mass is 439 g/mol. The summed E-state index contributed by atoms with van der Waals surface area (Å²) in [5.41, 5.74) is 7.08. The van der Waals surface area contributed by atoms with Crippen molar-refractivity contribution in [2.45, 2.75) is 57.5 Å². The first-order valence-electron chi connectivity index (χ1n) is 11.1. The van der Waals surface area contributed by atoms with E-state index in [1.807, 2.05) is 6.20 Å². The van der Waals surface area contributed by atoms with Gasteiger partial charge in [0.1, 0.15) is 6.33 Å². The zero-order valence-corrected chi connectivity index (χ0v) is 19.0. The highest BCUT2D eigenvalue weighted by Gasteiger charge is 2.32. The Kier molecular flexibility index (Phi) is 5.30. The highest BCUT2D eigenvalue weighted by Crippen LogP contribution is 2.37. The molecule has 0 radical (unpaired) electrons. The maximum absolute atomic E-state index is 12.0. The van der Waals surface area contributed by atoms with Crippen LogP contribution in [-0.2, 0) is 29.4 Å². The van der Waals surface area contributed by atoms with Crippen molar-refractivity contribution in [2.75, 3.05) is 24.2 Å². The van der Waals surface area contributed by atoms with Crippen LogP contribution in [0.3, 0.4) is 0 Å². The number of hydrogen-bond acceptors (Lipinski definition) is 6. The van der Waals surface area contributed by atoms with Gasteiger partial charge in [-0.3, -0.25) is 4.98 Å². The quantitative estimate of drug-likeness (QED) is 0.732. The van der Waals surface area contributed by atoms with Gasteiger partial charge in [0.2, 0.25) is 10.0 Å². The summed E-state index contributed by atoms with van der Waals surface area (Å²) in [6.07, 6.45) is 13.7. The molecule has 0 spiro atoms. The Labute approximate surface area is 184 Å². The molecule has 2 aromatic heterocycles. The SMILES string of the molecule is C[C@@H]1Cc2ncnc(C3CCCN(S(C)(=O)=O)CC3)c2CN1c1ccnc2c1C=CC2. The molecule has 0 bridgehead atoms. The minimum Gasteiger partial charge on any atom is -0.363 e. The fraction of sp³-hybridized carbons (Fsp3) is 0.522. The molecule has 0 amide bonds. The van der Waals surface area contributed by atoms with Crippen LogP contribution in [0.15, 0.2) is 24.7 Å². The Morgan fingerprint density at radius 2 is 1.97 bits per heavy atom. The molecule has 2 atom stereocenters. The Hall–Kier alpha value is -2.32. The normalized spacial score (nSPS) is 24.0. The molecule has 0 N–H and O–H groups in total. The van der Waals surface area contributed by atoms with Crippen LogP contribution < -0.4 is 4.90 Å². The molecular formula is C23H29N5O2S. The number of nitrogens with zero attached hydrogens (tertiary/aromatic N) is 5. The van der Waals surface area contributed by atoms with Crippen molar-refractivity contribution in [3.8, 4) is 0 Å². The van der Waals surface area contributed by atoms with Crippen LogP contribution in [0.1, 0.15) is 60.3 Å². The molecule has 0 aromatic carbocycles. The average Bonchev–Trinajstić information content (AvgIpc) is 3.08. The summed E-state index contributed by atoms with van der Waals surface area (Å²) in [5, 5.41) is 0. The molecule has 1 fully saturated rings. The van der Waals surface area contributed by atoms with Crippen LogP contribution in [0, 0.1) is 0 Å². The van der Waals surface area contributed by atoms with E-state index in [9.17, 15) is 8.42 Å². The molecule has 31 heavy (non-hydrogen) atoms. The first-order valence-corrected chi connectivity index (χ1v) is 13.0. The van der Waals surface area contributed by atoms with E-state index in [1.165, 1.54) is 23.1 Å². The minimum absolute atomic E-state index is 0.266. The van der Waals surface area contributed by atoms with Gasteiger partial charge in [-0.1, -0.05) is 12.2 Å². The summed E-state index contributed by atoms with van der Waals surface area (Å²) in [5.74, 6) is 0.266. The van der Waals surface area contributed by atoms with Crippen molar-refractivity contribution in [1.82, 2.24) is 19.3 Å². The van der Waals surface area contributed by atoms with Crippen molar-refractivity contribution in [3.05, 3.63) is 52.9 Å². The fourth-order valence-electron chi connectivity index (χ4n) is 5.27. The van der Waals surface area contributed by atoms with Gasteiger partial charge in [-0.05, 0) is 32.3 Å². The second-order valence-electron chi connectivity index (χ2n) is 8.95. The number of allylic oxidation sites excluding steroid dienone is 1. The van der Waals surface area contributed by atoms with Crippen molar-refractivity contribution < 1.29 is 8.42 Å². The number of sulfonamides is 1. The van der Waals surface area contributed by atoms with Gasteiger partial charge in [0.05, 0.1) is 23.3 Å². The molecule has 1 saturated heterocycles. The highest BCUT2D eigenvalue weighted by molar-refractivity contribution is 7.88. The molecule has 0 saturated carbocycles. The van der Waals surface area contributed by atoms with Crippen molar-refractivity contribution in [2.24, 2.45) is 0 Å². The van der Waals surface area contributed by atoms with E-state index >= 15 is 0 Å². The van der Waals surface area contributed by atoms with Crippen LogP contribution in [-0.4, -0.2) is 53.1 Å². The van der Waals surface area contributed by atoms with Gasteiger partial charge in [0.15, 0.2) is 0 Å². The van der Waals surface area contributed by atoms with Gasteiger partial charge in [-0.15, -0.1) is 0 Å². The fourth-order valence-corrected chi connectivity index (χ4v) is 6.16. The maximum Gasteiger partial charge on any atom is 0.211 e. The van der Waals surface area contributed by atoms with Gasteiger partial charge in [0.25, 0.3) is 0 Å². The molecule has 8 heteroatoms. The van der Waals surface area contributed by atoms with Crippen molar-refractivity contribution in [1.29, 1.82) is 0 Å². The number of rotatable bonds is 3. The molecule has 4 heterocycles. The van der Waals surface area contributed by atoms with Crippen LogP contribution >= 0.6 is 0 Å². The summed E-state index contributed by atoms with van der Waals surface area (Å²) in [4.78, 5) is 16.4. The Bertz CT molecular complexity index is 1130. The van der Waals surface area contributed by atoms with E-state index in [1.54, 1.807) is 10.6 Å². The van der Waals surface area contributed by atoms with Crippen LogP contribution in [0.4, 0.5) is 5.69 Å². The summed E-state index contributed by atoms with van der Waals surface area (Å²) >= 11 is 0. The summed E-state index contributed by atoms with van der Waals surface area (Å²) in [6, 6.07) is 2.46. The van der Waals surface area contributed by atoms with Gasteiger partial charge >= 0.3 is 0 Å². The summed E-state index contributed by atoms with van der Waals surface area (Å²) in [7, 11) is -3.15. The molecule has 164 valence electrons. The molecule has 1 aliphatic carbocycles. The molecule has 5 rings (SSSR count). The number of fused-ring (bicyclic) bond motifs is 2. The molecule has 7 nitrogen and oxygen atoms in total. The molecule has 2 aromatic rings. The number of aromatic nitrogens is 3. The van der Waals surface area contributed by atoms with Gasteiger partial charge < -0.3 is 4.90 Å².